The Hall–Kier alpha value is -2.50. The lowest BCUT2D eigenvalue weighted by Crippen LogP contribution is -2.44. The van der Waals surface area contributed by atoms with E-state index in [1.54, 1.807) is 7.11 Å². The third-order valence-corrected chi connectivity index (χ3v) is 4.57. The fourth-order valence-corrected chi connectivity index (χ4v) is 3.29. The number of amides is 2. The van der Waals surface area contributed by atoms with Crippen LogP contribution in [0.15, 0.2) is 30.6 Å². The number of piperidine rings is 1. The molecule has 6 nitrogen and oxygen atoms in total. The highest BCUT2D eigenvalue weighted by atomic mass is 16.5. The van der Waals surface area contributed by atoms with Gasteiger partial charge in [0.2, 0.25) is 0 Å². The van der Waals surface area contributed by atoms with Gasteiger partial charge in [-0.05, 0) is 43.4 Å². The number of aromatic nitrogens is 2. The highest BCUT2D eigenvalue weighted by Gasteiger charge is 2.28. The van der Waals surface area contributed by atoms with Gasteiger partial charge in [0, 0.05) is 24.8 Å². The minimum Gasteiger partial charge on any atom is -0.496 e. The van der Waals surface area contributed by atoms with Crippen molar-refractivity contribution < 1.29 is 9.53 Å². The first-order valence-electron chi connectivity index (χ1n) is 8.35. The lowest BCUT2D eigenvalue weighted by atomic mass is 9.98. The van der Waals surface area contributed by atoms with E-state index >= 15 is 0 Å². The lowest BCUT2D eigenvalue weighted by Gasteiger charge is -2.35. The zero-order chi connectivity index (χ0) is 16.9. The highest BCUT2D eigenvalue weighted by molar-refractivity contribution is 5.75. The van der Waals surface area contributed by atoms with E-state index in [1.165, 1.54) is 0 Å². The zero-order valence-electron chi connectivity index (χ0n) is 14.2. The predicted molar refractivity (Wildman–Crippen MR) is 91.9 cm³/mol. The summed E-state index contributed by atoms with van der Waals surface area (Å²) in [7, 11) is 1.66. The molecule has 2 heterocycles. The van der Waals surface area contributed by atoms with Gasteiger partial charge in [-0.25, -0.2) is 4.79 Å². The van der Waals surface area contributed by atoms with E-state index < -0.39 is 0 Å². The molecule has 1 saturated heterocycles. The molecule has 2 amide bonds. The van der Waals surface area contributed by atoms with Crippen molar-refractivity contribution in [1.29, 1.82) is 0 Å². The molecule has 128 valence electrons. The number of hydrogen-bond donors (Lipinski definition) is 2. The van der Waals surface area contributed by atoms with E-state index in [0.717, 1.165) is 48.2 Å². The minimum absolute atomic E-state index is 0.0191. The number of nitrogens with one attached hydrogen (secondary N) is 2. The summed E-state index contributed by atoms with van der Waals surface area (Å²) < 4.78 is 5.27. The second-order valence-corrected chi connectivity index (χ2v) is 6.20. The molecule has 0 saturated carbocycles. The maximum absolute atomic E-state index is 12.6. The second kappa shape index (κ2) is 7.38. The van der Waals surface area contributed by atoms with Crippen molar-refractivity contribution in [3.63, 3.8) is 0 Å². The van der Waals surface area contributed by atoms with Crippen molar-refractivity contribution in [3.05, 3.63) is 47.3 Å². The maximum Gasteiger partial charge on any atom is 0.318 e. The van der Waals surface area contributed by atoms with Crippen molar-refractivity contribution in [2.45, 2.75) is 38.8 Å². The number of methoxy groups -OCH3 is 1. The number of benzene rings is 1. The van der Waals surface area contributed by atoms with Gasteiger partial charge in [-0.1, -0.05) is 12.1 Å². The van der Waals surface area contributed by atoms with Gasteiger partial charge in [0.25, 0.3) is 0 Å². The van der Waals surface area contributed by atoms with Gasteiger partial charge < -0.3 is 15.0 Å². The number of likely N-dealkylation sites (tertiary alicyclic amines) is 1. The van der Waals surface area contributed by atoms with Crippen molar-refractivity contribution in [2.24, 2.45) is 0 Å². The normalized spacial score (nSPS) is 17.6. The van der Waals surface area contributed by atoms with Crippen LogP contribution in [0.5, 0.6) is 5.75 Å². The number of H-pyrrole nitrogens is 1. The van der Waals surface area contributed by atoms with Crippen LogP contribution in [-0.4, -0.2) is 34.8 Å². The number of nitrogens with zero attached hydrogens (tertiary/aromatic N) is 2. The van der Waals surface area contributed by atoms with Crippen LogP contribution in [0.4, 0.5) is 4.79 Å². The molecule has 0 aliphatic carbocycles. The molecule has 1 fully saturated rings. The van der Waals surface area contributed by atoms with E-state index in [9.17, 15) is 4.79 Å². The van der Waals surface area contributed by atoms with Crippen molar-refractivity contribution in [2.75, 3.05) is 13.7 Å². The van der Waals surface area contributed by atoms with Gasteiger partial charge in [0.15, 0.2) is 0 Å². The van der Waals surface area contributed by atoms with E-state index in [-0.39, 0.29) is 12.1 Å². The molecule has 1 aromatic heterocycles. The Bertz CT molecular complexity index is 684. The Labute approximate surface area is 142 Å². The van der Waals surface area contributed by atoms with E-state index in [2.05, 4.69) is 15.5 Å². The fraction of sp³-hybridized carbons (Fsp3) is 0.444. The van der Waals surface area contributed by atoms with Crippen LogP contribution < -0.4 is 10.1 Å². The average Bonchev–Trinajstić information content (AvgIpc) is 3.14. The molecule has 1 aromatic carbocycles. The van der Waals surface area contributed by atoms with Gasteiger partial charge >= 0.3 is 6.03 Å². The number of aromatic amines is 1. The fourth-order valence-electron chi connectivity index (χ4n) is 3.29. The number of carbonyl (C=O) groups is 1. The summed E-state index contributed by atoms with van der Waals surface area (Å²) in [5.41, 5.74) is 3.21. The van der Waals surface area contributed by atoms with E-state index in [4.69, 9.17) is 4.74 Å². The number of rotatable bonds is 4. The van der Waals surface area contributed by atoms with Crippen molar-refractivity contribution in [3.8, 4) is 5.75 Å². The summed E-state index contributed by atoms with van der Waals surface area (Å²) in [4.78, 5) is 14.6. The van der Waals surface area contributed by atoms with E-state index in [1.807, 2.05) is 42.4 Å². The Morgan fingerprint density at radius 2 is 2.33 bits per heavy atom. The van der Waals surface area contributed by atoms with Gasteiger partial charge in [-0.3, -0.25) is 5.10 Å². The molecule has 6 heteroatoms. The Balaban J connectivity index is 1.64. The summed E-state index contributed by atoms with van der Waals surface area (Å²) >= 11 is 0. The van der Waals surface area contributed by atoms with Crippen LogP contribution in [0.1, 0.15) is 42.0 Å². The monoisotopic (exact) mass is 328 g/mol. The molecule has 0 radical (unpaired) electrons. The standard InChI is InChI=1S/C18H24N4O2/c1-13-9-14(6-7-17(13)24-2)10-19-18(23)22-8-4-3-5-16(22)15-11-20-21-12-15/h6-7,9,11-12,16H,3-5,8,10H2,1-2H3,(H,19,23)(H,20,21)/t16-/m1/s1. The van der Waals surface area contributed by atoms with Crippen LogP contribution >= 0.6 is 0 Å². The molecule has 1 aliphatic heterocycles. The quantitative estimate of drug-likeness (QED) is 0.905. The minimum atomic E-state index is -0.0191. The first-order chi connectivity index (χ1) is 11.7. The topological polar surface area (TPSA) is 70.2 Å². The molecule has 2 N–H and O–H groups in total. The Morgan fingerprint density at radius 1 is 1.46 bits per heavy atom. The summed E-state index contributed by atoms with van der Waals surface area (Å²) in [5.74, 6) is 0.862. The molecule has 24 heavy (non-hydrogen) atoms. The van der Waals surface area contributed by atoms with Crippen LogP contribution in [0, 0.1) is 6.92 Å². The van der Waals surface area contributed by atoms with Crippen LogP contribution in [0.3, 0.4) is 0 Å². The third kappa shape index (κ3) is 3.53. The Kier molecular flexibility index (Phi) is 5.03. The molecule has 0 bridgehead atoms. The van der Waals surface area contributed by atoms with Gasteiger partial charge in [-0.15, -0.1) is 0 Å². The summed E-state index contributed by atoms with van der Waals surface area (Å²) in [5, 5.41) is 9.90. The smallest absolute Gasteiger partial charge is 0.318 e. The highest BCUT2D eigenvalue weighted by Crippen LogP contribution is 2.30. The zero-order valence-corrected chi connectivity index (χ0v) is 14.2. The second-order valence-electron chi connectivity index (χ2n) is 6.20. The number of aryl methyl sites for hydroxylation is 1. The number of carbonyl (C=O) groups excluding carboxylic acids is 1. The number of ether oxygens (including phenoxy) is 1. The van der Waals surface area contributed by atoms with Crippen LogP contribution in [0.25, 0.3) is 0 Å². The number of hydrogen-bond acceptors (Lipinski definition) is 3. The van der Waals surface area contributed by atoms with Crippen LogP contribution in [0.2, 0.25) is 0 Å². The third-order valence-electron chi connectivity index (χ3n) is 4.57. The van der Waals surface area contributed by atoms with Gasteiger partial charge in [0.1, 0.15) is 5.75 Å². The average molecular weight is 328 g/mol. The summed E-state index contributed by atoms with van der Waals surface area (Å²) in [6, 6.07) is 6.05. The molecular weight excluding hydrogens is 304 g/mol. The molecule has 2 aromatic rings. The van der Waals surface area contributed by atoms with Crippen molar-refractivity contribution >= 4 is 6.03 Å². The van der Waals surface area contributed by atoms with Crippen molar-refractivity contribution in [1.82, 2.24) is 20.4 Å². The molecule has 0 unspecified atom stereocenters. The molecule has 0 spiro atoms. The lowest BCUT2D eigenvalue weighted by molar-refractivity contribution is 0.151. The number of urea groups is 1. The maximum atomic E-state index is 12.6. The molecule has 1 aliphatic rings. The molecule has 3 rings (SSSR count). The molecular formula is C18H24N4O2. The summed E-state index contributed by atoms with van der Waals surface area (Å²) in [6.45, 7) is 3.30. The van der Waals surface area contributed by atoms with Gasteiger partial charge in [-0.2, -0.15) is 5.10 Å². The SMILES string of the molecule is COc1ccc(CNC(=O)N2CCCC[C@@H]2c2cn[nH]c2)cc1C. The predicted octanol–water partition coefficient (Wildman–Crippen LogP) is 3.16. The summed E-state index contributed by atoms with van der Waals surface area (Å²) in [6.07, 6.45) is 6.85. The van der Waals surface area contributed by atoms with Gasteiger partial charge in [0.05, 0.1) is 19.3 Å². The first-order valence-corrected chi connectivity index (χ1v) is 8.35. The Morgan fingerprint density at radius 3 is 3.04 bits per heavy atom. The molecule has 1 atom stereocenters. The largest absolute Gasteiger partial charge is 0.496 e. The van der Waals surface area contributed by atoms with E-state index in [0.29, 0.717) is 6.54 Å². The first kappa shape index (κ1) is 16.4. The van der Waals surface area contributed by atoms with Crippen LogP contribution in [-0.2, 0) is 6.54 Å².